The Morgan fingerprint density at radius 3 is 2.76 bits per heavy atom. The molecule has 0 fully saturated rings. The van der Waals surface area contributed by atoms with Gasteiger partial charge in [0.2, 0.25) is 0 Å². The first-order valence-electron chi connectivity index (χ1n) is 7.78. The quantitative estimate of drug-likeness (QED) is 0.529. The van der Waals surface area contributed by atoms with Crippen LogP contribution in [0, 0.1) is 18.3 Å². The Bertz CT molecular complexity index is 1040. The molecule has 25 heavy (non-hydrogen) atoms. The maximum atomic E-state index is 13.2. The maximum absolute atomic E-state index is 13.2. The highest BCUT2D eigenvalue weighted by molar-refractivity contribution is 8.00. The largest absolute Gasteiger partial charge is 0.495 e. The fourth-order valence-corrected chi connectivity index (χ4v) is 3.37. The van der Waals surface area contributed by atoms with Crippen LogP contribution in [-0.4, -0.2) is 21.9 Å². The van der Waals surface area contributed by atoms with Gasteiger partial charge in [-0.1, -0.05) is 30.0 Å². The average Bonchev–Trinajstić information content (AvgIpc) is 2.62. The second kappa shape index (κ2) is 6.99. The van der Waals surface area contributed by atoms with Crippen molar-refractivity contribution in [1.29, 1.82) is 5.26 Å². The van der Waals surface area contributed by atoms with E-state index in [0.29, 0.717) is 27.5 Å². The minimum Gasteiger partial charge on any atom is -0.495 e. The highest BCUT2D eigenvalue weighted by Gasteiger charge is 2.18. The number of ether oxygens (including phenoxy) is 1. The summed E-state index contributed by atoms with van der Waals surface area (Å²) in [4.78, 5) is 17.8. The van der Waals surface area contributed by atoms with E-state index in [1.165, 1.54) is 16.3 Å². The van der Waals surface area contributed by atoms with Gasteiger partial charge >= 0.3 is 0 Å². The Labute approximate surface area is 149 Å². The summed E-state index contributed by atoms with van der Waals surface area (Å²) in [7, 11) is 1.57. The van der Waals surface area contributed by atoms with E-state index >= 15 is 0 Å². The van der Waals surface area contributed by atoms with Crippen LogP contribution in [0.1, 0.15) is 12.5 Å². The van der Waals surface area contributed by atoms with Gasteiger partial charge in [-0.2, -0.15) is 5.26 Å². The van der Waals surface area contributed by atoms with Crippen LogP contribution in [-0.2, 0) is 0 Å². The Morgan fingerprint density at radius 2 is 2.04 bits per heavy atom. The molecule has 0 aliphatic carbocycles. The van der Waals surface area contributed by atoms with Crippen molar-refractivity contribution in [3.8, 4) is 17.5 Å². The minimum absolute atomic E-state index is 0.179. The summed E-state index contributed by atoms with van der Waals surface area (Å²) in [6.45, 7) is 3.73. The van der Waals surface area contributed by atoms with Crippen molar-refractivity contribution in [2.45, 2.75) is 24.3 Å². The average molecular weight is 351 g/mol. The third kappa shape index (κ3) is 3.24. The lowest BCUT2D eigenvalue weighted by Crippen LogP contribution is -2.23. The highest BCUT2D eigenvalue weighted by Crippen LogP contribution is 2.29. The molecule has 3 rings (SSSR count). The van der Waals surface area contributed by atoms with Crippen molar-refractivity contribution in [3.05, 3.63) is 58.4 Å². The number of methoxy groups -OCH3 is 1. The smallest absolute Gasteiger partial charge is 0.266 e. The number of fused-ring (bicyclic) bond motifs is 1. The van der Waals surface area contributed by atoms with E-state index in [0.717, 1.165) is 5.56 Å². The predicted octanol–water partition coefficient (Wildman–Crippen LogP) is 3.71. The molecule has 0 saturated carbocycles. The van der Waals surface area contributed by atoms with Crippen LogP contribution in [0.15, 0.2) is 52.4 Å². The topological polar surface area (TPSA) is 67.9 Å². The summed E-state index contributed by atoms with van der Waals surface area (Å²) >= 11 is 1.25. The van der Waals surface area contributed by atoms with Crippen LogP contribution in [0.3, 0.4) is 0 Å². The highest BCUT2D eigenvalue weighted by atomic mass is 32.2. The second-order valence-electron chi connectivity index (χ2n) is 5.62. The summed E-state index contributed by atoms with van der Waals surface area (Å²) in [5, 5.41) is 9.84. The summed E-state index contributed by atoms with van der Waals surface area (Å²) in [6, 6.07) is 15.0. The maximum Gasteiger partial charge on any atom is 0.266 e. The van der Waals surface area contributed by atoms with Gasteiger partial charge in [0.25, 0.3) is 5.56 Å². The van der Waals surface area contributed by atoms with Gasteiger partial charge in [-0.3, -0.25) is 9.36 Å². The van der Waals surface area contributed by atoms with Gasteiger partial charge < -0.3 is 4.74 Å². The van der Waals surface area contributed by atoms with Gasteiger partial charge in [0.05, 0.1) is 35.0 Å². The molecular formula is C19H17N3O2S. The lowest BCUT2D eigenvalue weighted by Gasteiger charge is -2.16. The molecule has 1 atom stereocenters. The number of nitriles is 1. The molecule has 1 heterocycles. The Balaban J connectivity index is 2.38. The Kier molecular flexibility index (Phi) is 4.77. The van der Waals surface area contributed by atoms with E-state index in [-0.39, 0.29) is 10.8 Å². The zero-order valence-electron chi connectivity index (χ0n) is 14.2. The molecule has 0 aliphatic rings. The fourth-order valence-electron chi connectivity index (χ4n) is 2.56. The zero-order chi connectivity index (χ0) is 18.0. The van der Waals surface area contributed by atoms with Gasteiger partial charge in [-0.15, -0.1) is 0 Å². The summed E-state index contributed by atoms with van der Waals surface area (Å²) in [5.74, 6) is 0.580. The normalized spacial score (nSPS) is 11.9. The second-order valence-corrected chi connectivity index (χ2v) is 6.92. The first kappa shape index (κ1) is 17.1. The molecule has 0 amide bonds. The first-order valence-corrected chi connectivity index (χ1v) is 8.66. The Hall–Kier alpha value is -2.78. The summed E-state index contributed by atoms with van der Waals surface area (Å²) < 4.78 is 6.98. The molecule has 0 radical (unpaired) electrons. The van der Waals surface area contributed by atoms with Crippen LogP contribution in [0.4, 0.5) is 0 Å². The lowest BCUT2D eigenvalue weighted by atomic mass is 10.2. The standard InChI is InChI=1S/C19H17N3O2S/c1-12-8-9-17(24-3)16(10-12)22-18(23)14-6-4-5-7-15(14)21-19(22)25-13(2)11-20/h4-10,13H,1-3H3/t13-/m1/s1. The molecule has 5 nitrogen and oxygen atoms in total. The minimum atomic E-state index is -0.338. The van der Waals surface area contributed by atoms with Crippen molar-refractivity contribution in [2.24, 2.45) is 0 Å². The number of hydrogen-bond donors (Lipinski definition) is 0. The summed E-state index contributed by atoms with van der Waals surface area (Å²) in [5.41, 5.74) is 2.06. The van der Waals surface area contributed by atoms with Gasteiger partial charge in [0, 0.05) is 0 Å². The monoisotopic (exact) mass is 351 g/mol. The van der Waals surface area contributed by atoms with Gasteiger partial charge in [-0.25, -0.2) is 4.98 Å². The number of aromatic nitrogens is 2. The van der Waals surface area contributed by atoms with E-state index in [4.69, 9.17) is 4.74 Å². The van der Waals surface area contributed by atoms with E-state index in [1.807, 2.05) is 37.3 Å². The van der Waals surface area contributed by atoms with Crippen molar-refractivity contribution in [1.82, 2.24) is 9.55 Å². The van der Waals surface area contributed by atoms with E-state index in [1.54, 1.807) is 26.2 Å². The zero-order valence-corrected chi connectivity index (χ0v) is 15.0. The first-order chi connectivity index (χ1) is 12.0. The number of nitrogens with zero attached hydrogens (tertiary/aromatic N) is 3. The van der Waals surface area contributed by atoms with Crippen LogP contribution in [0.2, 0.25) is 0 Å². The fraction of sp³-hybridized carbons (Fsp3) is 0.211. The molecule has 126 valence electrons. The number of aryl methyl sites for hydroxylation is 1. The van der Waals surface area contributed by atoms with Crippen LogP contribution < -0.4 is 10.3 Å². The third-order valence-corrected chi connectivity index (χ3v) is 4.73. The van der Waals surface area contributed by atoms with Crippen molar-refractivity contribution < 1.29 is 4.74 Å². The number of para-hydroxylation sites is 1. The molecule has 3 aromatic rings. The van der Waals surface area contributed by atoms with E-state index in [9.17, 15) is 10.1 Å². The molecule has 1 aromatic heterocycles. The molecule has 0 saturated heterocycles. The summed E-state index contributed by atoms with van der Waals surface area (Å²) in [6.07, 6.45) is 0. The molecule has 0 bridgehead atoms. The van der Waals surface area contributed by atoms with Gasteiger partial charge in [-0.05, 0) is 43.7 Å². The number of hydrogen-bond acceptors (Lipinski definition) is 5. The van der Waals surface area contributed by atoms with Crippen molar-refractivity contribution >= 4 is 22.7 Å². The molecule has 0 aliphatic heterocycles. The van der Waals surface area contributed by atoms with Crippen LogP contribution in [0.25, 0.3) is 16.6 Å². The predicted molar refractivity (Wildman–Crippen MR) is 99.6 cm³/mol. The SMILES string of the molecule is COc1ccc(C)cc1-n1c(S[C@H](C)C#N)nc2ccccc2c1=O. The van der Waals surface area contributed by atoms with Gasteiger partial charge in [0.15, 0.2) is 5.16 Å². The lowest BCUT2D eigenvalue weighted by molar-refractivity contribution is 0.411. The molecule has 2 aromatic carbocycles. The van der Waals surface area contributed by atoms with Crippen molar-refractivity contribution in [2.75, 3.05) is 7.11 Å². The number of thioether (sulfide) groups is 1. The van der Waals surface area contributed by atoms with Gasteiger partial charge in [0.1, 0.15) is 5.75 Å². The number of rotatable bonds is 4. The van der Waals surface area contributed by atoms with Crippen LogP contribution in [0.5, 0.6) is 5.75 Å². The molecular weight excluding hydrogens is 334 g/mol. The molecule has 0 N–H and O–H groups in total. The van der Waals surface area contributed by atoms with Crippen molar-refractivity contribution in [3.63, 3.8) is 0 Å². The van der Waals surface area contributed by atoms with E-state index < -0.39 is 0 Å². The molecule has 0 spiro atoms. The number of benzene rings is 2. The van der Waals surface area contributed by atoms with Crippen LogP contribution >= 0.6 is 11.8 Å². The Morgan fingerprint density at radius 1 is 1.28 bits per heavy atom. The molecule has 0 unspecified atom stereocenters. The third-order valence-electron chi connectivity index (χ3n) is 3.78. The van der Waals surface area contributed by atoms with E-state index in [2.05, 4.69) is 11.1 Å². The molecule has 6 heteroatoms.